The first kappa shape index (κ1) is 17.0. The van der Waals surface area contributed by atoms with Gasteiger partial charge in [-0.15, -0.1) is 0 Å². The van der Waals surface area contributed by atoms with Gasteiger partial charge in [0.1, 0.15) is 6.54 Å². The highest BCUT2D eigenvalue weighted by Gasteiger charge is 2.13. The number of carboxylic acid groups (broad SMARTS) is 1. The van der Waals surface area contributed by atoms with Gasteiger partial charge in [0.15, 0.2) is 0 Å². The molecule has 0 fully saturated rings. The van der Waals surface area contributed by atoms with E-state index < -0.39 is 5.97 Å². The van der Waals surface area contributed by atoms with Gasteiger partial charge in [-0.2, -0.15) is 0 Å². The standard InChI is InChI=1S/C16H24N2O3/c1-3-17(4-2)15(19)11-8-12-18(13-16(20)21)14-9-6-5-7-10-14/h5-7,9-10H,3-4,8,11-13H2,1-2H3,(H,20,21). The average Bonchev–Trinajstić information content (AvgIpc) is 2.48. The number of amides is 1. The van der Waals surface area contributed by atoms with Crippen LogP contribution in [0, 0.1) is 0 Å². The molecule has 0 aliphatic rings. The van der Waals surface area contributed by atoms with Gasteiger partial charge >= 0.3 is 5.97 Å². The number of carbonyl (C=O) groups is 2. The molecule has 0 unspecified atom stereocenters. The number of aliphatic carboxylic acids is 1. The van der Waals surface area contributed by atoms with Crippen molar-refractivity contribution in [3.63, 3.8) is 0 Å². The molecule has 5 heteroatoms. The van der Waals surface area contributed by atoms with Crippen LogP contribution in [0.2, 0.25) is 0 Å². The van der Waals surface area contributed by atoms with Crippen LogP contribution in [-0.4, -0.2) is 48.1 Å². The van der Waals surface area contributed by atoms with Gasteiger partial charge in [-0.05, 0) is 32.4 Å². The molecule has 1 aromatic carbocycles. The van der Waals surface area contributed by atoms with E-state index in [0.717, 1.165) is 5.69 Å². The SMILES string of the molecule is CCN(CC)C(=O)CCCN(CC(=O)O)c1ccccc1. The zero-order valence-electron chi connectivity index (χ0n) is 12.8. The zero-order valence-corrected chi connectivity index (χ0v) is 12.8. The molecule has 116 valence electrons. The van der Waals surface area contributed by atoms with Crippen LogP contribution in [0.1, 0.15) is 26.7 Å². The molecule has 0 bridgehead atoms. The fraction of sp³-hybridized carbons (Fsp3) is 0.500. The topological polar surface area (TPSA) is 60.9 Å². The molecular formula is C16H24N2O3. The highest BCUT2D eigenvalue weighted by molar-refractivity contribution is 5.76. The van der Waals surface area contributed by atoms with Crippen LogP contribution in [-0.2, 0) is 9.59 Å². The maximum Gasteiger partial charge on any atom is 0.323 e. The van der Waals surface area contributed by atoms with Crippen molar-refractivity contribution in [2.75, 3.05) is 31.1 Å². The number of hydrogen-bond donors (Lipinski definition) is 1. The van der Waals surface area contributed by atoms with Crippen molar-refractivity contribution in [2.24, 2.45) is 0 Å². The average molecular weight is 292 g/mol. The Labute approximate surface area is 126 Å². The highest BCUT2D eigenvalue weighted by Crippen LogP contribution is 2.14. The van der Waals surface area contributed by atoms with Crippen LogP contribution in [0.3, 0.4) is 0 Å². The predicted molar refractivity (Wildman–Crippen MR) is 83.5 cm³/mol. The third-order valence-electron chi connectivity index (χ3n) is 3.38. The third kappa shape index (κ3) is 5.85. The molecule has 0 atom stereocenters. The van der Waals surface area contributed by atoms with Crippen molar-refractivity contribution in [3.8, 4) is 0 Å². The van der Waals surface area contributed by atoms with Gasteiger partial charge in [0, 0.05) is 31.7 Å². The summed E-state index contributed by atoms with van der Waals surface area (Å²) >= 11 is 0. The Hall–Kier alpha value is -2.04. The Morgan fingerprint density at radius 1 is 1.10 bits per heavy atom. The van der Waals surface area contributed by atoms with Crippen LogP contribution in [0.15, 0.2) is 30.3 Å². The van der Waals surface area contributed by atoms with Crippen LogP contribution in [0.5, 0.6) is 0 Å². The lowest BCUT2D eigenvalue weighted by molar-refractivity contribution is -0.135. The zero-order chi connectivity index (χ0) is 15.7. The van der Waals surface area contributed by atoms with Gasteiger partial charge < -0.3 is 14.9 Å². The minimum absolute atomic E-state index is 0.0521. The van der Waals surface area contributed by atoms with E-state index >= 15 is 0 Å². The highest BCUT2D eigenvalue weighted by atomic mass is 16.4. The van der Waals surface area contributed by atoms with Gasteiger partial charge in [0.25, 0.3) is 0 Å². The molecule has 1 rings (SSSR count). The number of benzene rings is 1. The Kier molecular flexibility index (Phi) is 7.29. The van der Waals surface area contributed by atoms with Crippen molar-refractivity contribution >= 4 is 17.6 Å². The summed E-state index contributed by atoms with van der Waals surface area (Å²) in [6.45, 7) is 5.86. The van der Waals surface area contributed by atoms with Gasteiger partial charge in [-0.3, -0.25) is 9.59 Å². The van der Waals surface area contributed by atoms with E-state index in [4.69, 9.17) is 5.11 Å². The Bertz CT molecular complexity index is 444. The van der Waals surface area contributed by atoms with E-state index in [-0.39, 0.29) is 12.5 Å². The maximum absolute atomic E-state index is 11.9. The van der Waals surface area contributed by atoms with Crippen molar-refractivity contribution in [1.29, 1.82) is 0 Å². The second kappa shape index (κ2) is 9.00. The molecule has 0 saturated carbocycles. The van der Waals surface area contributed by atoms with Gasteiger partial charge in [-0.25, -0.2) is 0 Å². The monoisotopic (exact) mass is 292 g/mol. The molecule has 0 saturated heterocycles. The number of carboxylic acids is 1. The second-order valence-electron chi connectivity index (χ2n) is 4.82. The van der Waals surface area contributed by atoms with E-state index in [1.165, 1.54) is 0 Å². The molecule has 0 heterocycles. The Morgan fingerprint density at radius 3 is 2.24 bits per heavy atom. The van der Waals surface area contributed by atoms with Crippen LogP contribution in [0.25, 0.3) is 0 Å². The quantitative estimate of drug-likeness (QED) is 0.758. The van der Waals surface area contributed by atoms with E-state index in [9.17, 15) is 9.59 Å². The Balaban J connectivity index is 2.55. The minimum atomic E-state index is -0.867. The summed E-state index contributed by atoms with van der Waals surface area (Å²) in [6, 6.07) is 9.42. The number of para-hydroxylation sites is 1. The lowest BCUT2D eigenvalue weighted by Crippen LogP contribution is -2.33. The summed E-state index contributed by atoms with van der Waals surface area (Å²) in [4.78, 5) is 26.5. The Morgan fingerprint density at radius 2 is 1.71 bits per heavy atom. The molecule has 0 radical (unpaired) electrons. The van der Waals surface area contributed by atoms with E-state index in [2.05, 4.69) is 0 Å². The largest absolute Gasteiger partial charge is 0.480 e. The lowest BCUT2D eigenvalue weighted by Gasteiger charge is -2.24. The van der Waals surface area contributed by atoms with Crippen LogP contribution in [0.4, 0.5) is 5.69 Å². The minimum Gasteiger partial charge on any atom is -0.480 e. The third-order valence-corrected chi connectivity index (χ3v) is 3.38. The maximum atomic E-state index is 11.9. The van der Waals surface area contributed by atoms with Crippen LogP contribution < -0.4 is 4.90 Å². The first-order chi connectivity index (χ1) is 10.1. The summed E-state index contributed by atoms with van der Waals surface area (Å²) < 4.78 is 0. The number of carbonyl (C=O) groups excluding carboxylic acids is 1. The number of anilines is 1. The molecule has 5 nitrogen and oxygen atoms in total. The van der Waals surface area contributed by atoms with E-state index in [1.807, 2.05) is 44.2 Å². The number of nitrogens with zero attached hydrogens (tertiary/aromatic N) is 2. The molecule has 0 spiro atoms. The van der Waals surface area contributed by atoms with Crippen LogP contribution >= 0.6 is 0 Å². The van der Waals surface area contributed by atoms with Crippen molar-refractivity contribution in [2.45, 2.75) is 26.7 Å². The normalized spacial score (nSPS) is 10.2. The summed E-state index contributed by atoms with van der Waals surface area (Å²) in [5.41, 5.74) is 0.871. The van der Waals surface area contributed by atoms with Gasteiger partial charge in [-0.1, -0.05) is 18.2 Å². The van der Waals surface area contributed by atoms with E-state index in [1.54, 1.807) is 9.80 Å². The summed E-state index contributed by atoms with van der Waals surface area (Å²) in [7, 11) is 0. The number of rotatable bonds is 9. The molecule has 1 N–H and O–H groups in total. The molecule has 21 heavy (non-hydrogen) atoms. The summed E-state index contributed by atoms with van der Waals surface area (Å²) in [6.07, 6.45) is 1.10. The van der Waals surface area contributed by atoms with Crippen molar-refractivity contribution < 1.29 is 14.7 Å². The summed E-state index contributed by atoms with van der Waals surface area (Å²) in [5.74, 6) is -0.739. The van der Waals surface area contributed by atoms with Crippen molar-refractivity contribution in [3.05, 3.63) is 30.3 Å². The molecule has 0 aromatic heterocycles. The molecular weight excluding hydrogens is 268 g/mol. The van der Waals surface area contributed by atoms with Crippen molar-refractivity contribution in [1.82, 2.24) is 4.90 Å². The molecule has 0 aliphatic carbocycles. The molecule has 1 aromatic rings. The fourth-order valence-corrected chi connectivity index (χ4v) is 2.26. The molecule has 1 amide bonds. The smallest absolute Gasteiger partial charge is 0.323 e. The number of hydrogen-bond acceptors (Lipinski definition) is 3. The first-order valence-electron chi connectivity index (χ1n) is 7.38. The van der Waals surface area contributed by atoms with Gasteiger partial charge in [0.05, 0.1) is 0 Å². The molecule has 0 aliphatic heterocycles. The van der Waals surface area contributed by atoms with E-state index in [0.29, 0.717) is 32.5 Å². The van der Waals surface area contributed by atoms with Gasteiger partial charge in [0.2, 0.25) is 5.91 Å². The summed E-state index contributed by atoms with van der Waals surface area (Å²) in [5, 5.41) is 9.00. The first-order valence-corrected chi connectivity index (χ1v) is 7.38. The fourth-order valence-electron chi connectivity index (χ4n) is 2.26. The predicted octanol–water partition coefficient (Wildman–Crippen LogP) is 2.23. The lowest BCUT2D eigenvalue weighted by atomic mass is 10.2. The second-order valence-corrected chi connectivity index (χ2v) is 4.82.